The summed E-state index contributed by atoms with van der Waals surface area (Å²) in [5, 5.41) is 1.35. The average molecular weight is 324 g/mol. The first-order valence-corrected chi connectivity index (χ1v) is 10.5. The summed E-state index contributed by atoms with van der Waals surface area (Å²) in [4.78, 5) is 6.02. The smallest absolute Gasteiger partial charge is 0.0930 e. The topological polar surface area (TPSA) is 12.9 Å². The minimum Gasteiger partial charge on any atom is -0.246 e. The Bertz CT molecular complexity index is 350. The van der Waals surface area contributed by atoms with E-state index < -0.39 is 0 Å². The van der Waals surface area contributed by atoms with Gasteiger partial charge < -0.3 is 0 Å². The summed E-state index contributed by atoms with van der Waals surface area (Å²) in [5.74, 6) is 0. The normalized spacial score (nSPS) is 11.2. The number of aryl methyl sites for hydroxylation is 3. The number of nitrogens with zero attached hydrogens (tertiary/aromatic N) is 1. The predicted octanol–water partition coefficient (Wildman–Crippen LogP) is 7.39. The highest BCUT2D eigenvalue weighted by atomic mass is 32.1. The van der Waals surface area contributed by atoms with Gasteiger partial charge in [-0.1, -0.05) is 84.0 Å². The van der Waals surface area contributed by atoms with E-state index in [4.69, 9.17) is 0 Å². The van der Waals surface area contributed by atoms with Crippen molar-refractivity contribution >= 4 is 11.3 Å². The Kier molecular flexibility index (Phi) is 11.7. The highest BCUT2D eigenvalue weighted by molar-refractivity contribution is 7.11. The molecule has 1 nitrogen and oxygen atoms in total. The Morgan fingerprint density at radius 2 is 1.14 bits per heavy atom. The van der Waals surface area contributed by atoms with Crippen LogP contribution in [-0.4, -0.2) is 4.98 Å². The van der Waals surface area contributed by atoms with E-state index in [9.17, 15) is 0 Å². The van der Waals surface area contributed by atoms with E-state index in [0.717, 1.165) is 0 Å². The molecule has 0 aliphatic carbocycles. The molecule has 0 atom stereocenters. The third kappa shape index (κ3) is 9.61. The first kappa shape index (κ1) is 19.7. The van der Waals surface area contributed by atoms with Gasteiger partial charge in [0.25, 0.3) is 0 Å². The molecule has 0 N–H and O–H groups in total. The van der Waals surface area contributed by atoms with Crippen molar-refractivity contribution in [1.29, 1.82) is 0 Å². The lowest BCUT2D eigenvalue weighted by molar-refractivity contribution is 0.539. The van der Waals surface area contributed by atoms with Crippen molar-refractivity contribution in [3.8, 4) is 0 Å². The molecule has 0 amide bonds. The fraction of sp³-hybridized carbons (Fsp3) is 0.850. The van der Waals surface area contributed by atoms with Crippen LogP contribution in [0.1, 0.15) is 106 Å². The van der Waals surface area contributed by atoms with Crippen LogP contribution in [0.15, 0.2) is 0 Å². The van der Waals surface area contributed by atoms with E-state index in [2.05, 4.69) is 25.8 Å². The lowest BCUT2D eigenvalue weighted by Crippen LogP contribution is -1.86. The number of rotatable bonds is 14. The molecule has 0 fully saturated rings. The quantitative estimate of drug-likeness (QED) is 0.325. The molecule has 2 heteroatoms. The van der Waals surface area contributed by atoms with Gasteiger partial charge in [-0.3, -0.25) is 0 Å². The number of hydrogen-bond acceptors (Lipinski definition) is 2. The maximum atomic E-state index is 4.62. The molecule has 1 heterocycles. The Balaban J connectivity index is 1.80. The van der Waals surface area contributed by atoms with Gasteiger partial charge in [0.1, 0.15) is 0 Å². The Labute approximate surface area is 142 Å². The van der Waals surface area contributed by atoms with E-state index in [1.165, 1.54) is 105 Å². The highest BCUT2D eigenvalue weighted by Gasteiger charge is 2.02. The van der Waals surface area contributed by atoms with Crippen molar-refractivity contribution in [2.24, 2.45) is 0 Å². The van der Waals surface area contributed by atoms with Gasteiger partial charge >= 0.3 is 0 Å². The van der Waals surface area contributed by atoms with Crippen LogP contribution in [0.4, 0.5) is 0 Å². The maximum Gasteiger partial charge on any atom is 0.0930 e. The minimum absolute atomic E-state index is 1.19. The summed E-state index contributed by atoms with van der Waals surface area (Å²) in [6.07, 6.45) is 19.8. The molecule has 0 radical (unpaired) electrons. The zero-order valence-corrected chi connectivity index (χ0v) is 16.1. The number of hydrogen-bond donors (Lipinski definition) is 0. The number of thiazole rings is 1. The monoisotopic (exact) mass is 323 g/mol. The van der Waals surface area contributed by atoms with E-state index in [1.807, 2.05) is 11.3 Å². The standard InChI is InChI=1S/C20H37NS/c1-4-5-6-7-8-9-10-11-12-13-14-15-16-17-20-21-18(2)19(3)22-20/h4-17H2,1-3H3. The van der Waals surface area contributed by atoms with Gasteiger partial charge in [-0.15, -0.1) is 11.3 Å². The summed E-state index contributed by atoms with van der Waals surface area (Å²) in [6, 6.07) is 0. The predicted molar refractivity (Wildman–Crippen MR) is 101 cm³/mol. The molecule has 0 spiro atoms. The molecule has 1 aromatic heterocycles. The molecule has 0 bridgehead atoms. The number of unbranched alkanes of at least 4 members (excludes halogenated alkanes) is 12. The van der Waals surface area contributed by atoms with Crippen molar-refractivity contribution in [1.82, 2.24) is 4.98 Å². The Morgan fingerprint density at radius 1 is 0.682 bits per heavy atom. The van der Waals surface area contributed by atoms with Crippen LogP contribution in [-0.2, 0) is 6.42 Å². The van der Waals surface area contributed by atoms with Crippen LogP contribution < -0.4 is 0 Å². The van der Waals surface area contributed by atoms with Crippen LogP contribution in [0.25, 0.3) is 0 Å². The molecule has 0 saturated carbocycles. The van der Waals surface area contributed by atoms with Crippen LogP contribution >= 0.6 is 11.3 Å². The molecule has 0 unspecified atom stereocenters. The lowest BCUT2D eigenvalue weighted by Gasteiger charge is -2.02. The summed E-state index contributed by atoms with van der Waals surface area (Å²) in [7, 11) is 0. The van der Waals surface area contributed by atoms with Gasteiger partial charge in [0.2, 0.25) is 0 Å². The molecule has 0 saturated heterocycles. The van der Waals surface area contributed by atoms with Crippen molar-refractivity contribution in [3.05, 3.63) is 15.6 Å². The van der Waals surface area contributed by atoms with Crippen LogP contribution in [0.2, 0.25) is 0 Å². The summed E-state index contributed by atoms with van der Waals surface area (Å²) < 4.78 is 0. The molecular weight excluding hydrogens is 286 g/mol. The van der Waals surface area contributed by atoms with Crippen LogP contribution in [0.5, 0.6) is 0 Å². The second kappa shape index (κ2) is 13.1. The first-order chi connectivity index (χ1) is 10.7. The molecule has 22 heavy (non-hydrogen) atoms. The molecule has 0 aliphatic heterocycles. The third-order valence-electron chi connectivity index (χ3n) is 4.57. The fourth-order valence-electron chi connectivity index (χ4n) is 2.94. The maximum absolute atomic E-state index is 4.62. The molecule has 1 rings (SSSR count). The molecule has 1 aromatic rings. The lowest BCUT2D eigenvalue weighted by atomic mass is 10.0. The highest BCUT2D eigenvalue weighted by Crippen LogP contribution is 2.19. The van der Waals surface area contributed by atoms with Gasteiger partial charge in [-0.25, -0.2) is 4.98 Å². The van der Waals surface area contributed by atoms with Gasteiger partial charge in [0.15, 0.2) is 0 Å². The molecule has 128 valence electrons. The van der Waals surface area contributed by atoms with Crippen molar-refractivity contribution < 1.29 is 0 Å². The van der Waals surface area contributed by atoms with Crippen molar-refractivity contribution in [3.63, 3.8) is 0 Å². The summed E-state index contributed by atoms with van der Waals surface area (Å²) in [5.41, 5.74) is 1.23. The van der Waals surface area contributed by atoms with E-state index in [1.54, 1.807) is 0 Å². The van der Waals surface area contributed by atoms with E-state index in [0.29, 0.717) is 0 Å². The molecule has 0 aromatic carbocycles. The molecular formula is C20H37NS. The van der Waals surface area contributed by atoms with Crippen LogP contribution in [0, 0.1) is 13.8 Å². The zero-order valence-electron chi connectivity index (χ0n) is 15.3. The fourth-order valence-corrected chi connectivity index (χ4v) is 3.92. The SMILES string of the molecule is CCCCCCCCCCCCCCCc1nc(C)c(C)s1. The molecule has 0 aliphatic rings. The second-order valence-corrected chi connectivity index (χ2v) is 8.03. The van der Waals surface area contributed by atoms with Gasteiger partial charge in [-0.05, 0) is 26.7 Å². The van der Waals surface area contributed by atoms with Crippen LogP contribution in [0.3, 0.4) is 0 Å². The number of aromatic nitrogens is 1. The van der Waals surface area contributed by atoms with Gasteiger partial charge in [-0.2, -0.15) is 0 Å². The third-order valence-corrected chi connectivity index (χ3v) is 5.70. The summed E-state index contributed by atoms with van der Waals surface area (Å²) >= 11 is 1.89. The van der Waals surface area contributed by atoms with Crippen molar-refractivity contribution in [2.45, 2.75) is 111 Å². The zero-order chi connectivity index (χ0) is 16.0. The van der Waals surface area contributed by atoms with Gasteiger partial charge in [0.05, 0.1) is 10.7 Å². The largest absolute Gasteiger partial charge is 0.246 e. The minimum atomic E-state index is 1.19. The second-order valence-electron chi connectivity index (χ2n) is 6.74. The Hall–Kier alpha value is -0.370. The average Bonchev–Trinajstić information content (AvgIpc) is 2.82. The van der Waals surface area contributed by atoms with E-state index >= 15 is 0 Å². The Morgan fingerprint density at radius 3 is 1.55 bits per heavy atom. The van der Waals surface area contributed by atoms with E-state index in [-0.39, 0.29) is 0 Å². The first-order valence-electron chi connectivity index (χ1n) is 9.67. The van der Waals surface area contributed by atoms with Crippen molar-refractivity contribution in [2.75, 3.05) is 0 Å². The van der Waals surface area contributed by atoms with Gasteiger partial charge in [0, 0.05) is 4.88 Å². The summed E-state index contributed by atoms with van der Waals surface area (Å²) in [6.45, 7) is 6.60.